The number of hydrogen-bond donors (Lipinski definition) is 0. The molecule has 1 nitrogen and oxygen atoms in total. The Kier molecular flexibility index (Phi) is 6.35. The van der Waals surface area contributed by atoms with Crippen molar-refractivity contribution < 1.29 is 0 Å². The monoisotopic (exact) mass is 141 g/mol. The van der Waals surface area contributed by atoms with Gasteiger partial charge in [0, 0.05) is 13.1 Å². The lowest BCUT2D eigenvalue weighted by atomic mass is 10.4. The van der Waals surface area contributed by atoms with Crippen molar-refractivity contribution in [1.29, 1.82) is 0 Å². The second kappa shape index (κ2) is 6.66. The van der Waals surface area contributed by atoms with Gasteiger partial charge in [-0.25, -0.2) is 0 Å². The summed E-state index contributed by atoms with van der Waals surface area (Å²) in [6.07, 6.45) is 6.76. The van der Waals surface area contributed by atoms with Gasteiger partial charge in [-0.15, -0.1) is 0 Å². The van der Waals surface area contributed by atoms with Gasteiger partial charge in [0.05, 0.1) is 0 Å². The first-order chi connectivity index (χ1) is 4.85. The van der Waals surface area contributed by atoms with E-state index in [9.17, 15) is 0 Å². The van der Waals surface area contributed by atoms with Gasteiger partial charge in [0.15, 0.2) is 0 Å². The van der Waals surface area contributed by atoms with E-state index in [0.29, 0.717) is 0 Å². The highest BCUT2D eigenvalue weighted by Gasteiger charge is 1.92. The van der Waals surface area contributed by atoms with Crippen LogP contribution in [0.5, 0.6) is 0 Å². The summed E-state index contributed by atoms with van der Waals surface area (Å²) in [6, 6.07) is 0. The Morgan fingerprint density at radius 2 is 1.60 bits per heavy atom. The first-order valence-electron chi connectivity index (χ1n) is 4.22. The molecule has 0 rings (SSSR count). The fourth-order valence-electron chi connectivity index (χ4n) is 1.05. The van der Waals surface area contributed by atoms with E-state index in [0.717, 1.165) is 0 Å². The summed E-state index contributed by atoms with van der Waals surface area (Å²) in [5.41, 5.74) is 0. The van der Waals surface area contributed by atoms with Crippen molar-refractivity contribution in [2.24, 2.45) is 0 Å². The van der Waals surface area contributed by atoms with E-state index in [1.54, 1.807) is 0 Å². The molecule has 60 valence electrons. The van der Waals surface area contributed by atoms with Crippen molar-refractivity contribution in [1.82, 2.24) is 4.90 Å². The van der Waals surface area contributed by atoms with Crippen LogP contribution >= 0.6 is 0 Å². The van der Waals surface area contributed by atoms with Crippen LogP contribution in [0.25, 0.3) is 0 Å². The second-order valence-electron chi connectivity index (χ2n) is 2.52. The van der Waals surface area contributed by atoms with Gasteiger partial charge >= 0.3 is 0 Å². The summed E-state index contributed by atoms with van der Waals surface area (Å²) >= 11 is 0. The van der Waals surface area contributed by atoms with Gasteiger partial charge < -0.3 is 4.90 Å². The van der Waals surface area contributed by atoms with Crippen molar-refractivity contribution in [2.75, 3.05) is 13.1 Å². The molecular formula is C9H19N. The Labute approximate surface area is 64.7 Å². The van der Waals surface area contributed by atoms with Crippen LogP contribution in [0.15, 0.2) is 12.3 Å². The van der Waals surface area contributed by atoms with Crippen molar-refractivity contribution in [3.8, 4) is 0 Å². The standard InChI is InChI=1S/C9H19N/c1-4-7-10(8-5-2)9-6-3/h4,7H,5-6,8-9H2,1-3H3/b7-4-. The summed E-state index contributed by atoms with van der Waals surface area (Å²) in [6.45, 7) is 8.88. The van der Waals surface area contributed by atoms with E-state index in [1.165, 1.54) is 25.9 Å². The molecule has 0 unspecified atom stereocenters. The summed E-state index contributed by atoms with van der Waals surface area (Å²) < 4.78 is 0. The van der Waals surface area contributed by atoms with Crippen LogP contribution in [0.3, 0.4) is 0 Å². The molecule has 0 heterocycles. The van der Waals surface area contributed by atoms with Gasteiger partial charge in [-0.1, -0.05) is 19.9 Å². The molecule has 0 fully saturated rings. The first-order valence-corrected chi connectivity index (χ1v) is 4.22. The minimum atomic E-state index is 1.19. The SMILES string of the molecule is C/C=C\N(CCC)CCC. The number of rotatable bonds is 5. The van der Waals surface area contributed by atoms with Crippen molar-refractivity contribution in [3.63, 3.8) is 0 Å². The molecule has 0 bridgehead atoms. The normalized spacial score (nSPS) is 10.7. The van der Waals surface area contributed by atoms with Crippen molar-refractivity contribution in [2.45, 2.75) is 33.6 Å². The van der Waals surface area contributed by atoms with Gasteiger partial charge in [0.25, 0.3) is 0 Å². The Bertz CT molecular complexity index is 80.7. The molecule has 10 heavy (non-hydrogen) atoms. The van der Waals surface area contributed by atoms with Gasteiger partial charge in [0.1, 0.15) is 0 Å². The zero-order valence-corrected chi connectivity index (χ0v) is 7.43. The lowest BCUT2D eigenvalue weighted by Gasteiger charge is -2.17. The third-order valence-electron chi connectivity index (χ3n) is 1.38. The van der Waals surface area contributed by atoms with Gasteiger partial charge in [-0.2, -0.15) is 0 Å². The maximum Gasteiger partial charge on any atom is 0.0169 e. The molecule has 0 aromatic heterocycles. The van der Waals surface area contributed by atoms with E-state index in [2.05, 4.69) is 37.9 Å². The van der Waals surface area contributed by atoms with E-state index < -0.39 is 0 Å². The maximum absolute atomic E-state index is 2.36. The number of nitrogens with zero attached hydrogens (tertiary/aromatic N) is 1. The topological polar surface area (TPSA) is 3.24 Å². The van der Waals surface area contributed by atoms with Crippen LogP contribution in [-0.2, 0) is 0 Å². The van der Waals surface area contributed by atoms with E-state index in [4.69, 9.17) is 0 Å². The van der Waals surface area contributed by atoms with Gasteiger partial charge in [0.2, 0.25) is 0 Å². The molecule has 1 heteroatoms. The fraction of sp³-hybridized carbons (Fsp3) is 0.778. The largest absolute Gasteiger partial charge is 0.378 e. The molecule has 0 atom stereocenters. The molecule has 0 aromatic rings. The third-order valence-corrected chi connectivity index (χ3v) is 1.38. The molecule has 0 saturated carbocycles. The Morgan fingerprint density at radius 3 is 1.90 bits per heavy atom. The highest BCUT2D eigenvalue weighted by Crippen LogP contribution is 1.94. The van der Waals surface area contributed by atoms with Crippen LogP contribution in [-0.4, -0.2) is 18.0 Å². The van der Waals surface area contributed by atoms with Crippen LogP contribution < -0.4 is 0 Å². The zero-order chi connectivity index (χ0) is 7.82. The number of hydrogen-bond acceptors (Lipinski definition) is 1. The molecule has 0 radical (unpaired) electrons. The maximum atomic E-state index is 2.36. The Balaban J connectivity index is 3.50. The summed E-state index contributed by atoms with van der Waals surface area (Å²) in [4.78, 5) is 2.36. The van der Waals surface area contributed by atoms with Crippen LogP contribution in [0.1, 0.15) is 33.6 Å². The van der Waals surface area contributed by atoms with Crippen molar-refractivity contribution in [3.05, 3.63) is 12.3 Å². The molecule has 0 spiro atoms. The third kappa shape index (κ3) is 4.42. The highest BCUT2D eigenvalue weighted by molar-refractivity contribution is 4.77. The quantitative estimate of drug-likeness (QED) is 0.569. The van der Waals surface area contributed by atoms with Crippen LogP contribution in [0.4, 0.5) is 0 Å². The predicted molar refractivity (Wildman–Crippen MR) is 47.0 cm³/mol. The minimum absolute atomic E-state index is 1.19. The Hall–Kier alpha value is -0.460. The average molecular weight is 141 g/mol. The van der Waals surface area contributed by atoms with E-state index in [1.807, 2.05) is 0 Å². The van der Waals surface area contributed by atoms with E-state index >= 15 is 0 Å². The van der Waals surface area contributed by atoms with E-state index in [-0.39, 0.29) is 0 Å². The molecule has 0 aliphatic heterocycles. The molecular weight excluding hydrogens is 122 g/mol. The van der Waals surface area contributed by atoms with Gasteiger partial charge in [-0.05, 0) is 26.0 Å². The Morgan fingerprint density at radius 1 is 1.10 bits per heavy atom. The highest BCUT2D eigenvalue weighted by atomic mass is 15.1. The summed E-state index contributed by atoms with van der Waals surface area (Å²) in [5, 5.41) is 0. The summed E-state index contributed by atoms with van der Waals surface area (Å²) in [7, 11) is 0. The van der Waals surface area contributed by atoms with Gasteiger partial charge in [-0.3, -0.25) is 0 Å². The number of allylic oxidation sites excluding steroid dienone is 1. The smallest absolute Gasteiger partial charge is 0.0169 e. The first kappa shape index (κ1) is 9.54. The lowest BCUT2D eigenvalue weighted by molar-refractivity contribution is 0.375. The molecule has 0 saturated heterocycles. The average Bonchev–Trinajstić information content (AvgIpc) is 1.90. The molecule has 0 N–H and O–H groups in total. The summed E-state index contributed by atoms with van der Waals surface area (Å²) in [5.74, 6) is 0. The second-order valence-corrected chi connectivity index (χ2v) is 2.52. The lowest BCUT2D eigenvalue weighted by Crippen LogP contribution is -2.18. The predicted octanol–water partition coefficient (Wildman–Crippen LogP) is 2.64. The molecule has 0 aliphatic carbocycles. The van der Waals surface area contributed by atoms with Crippen molar-refractivity contribution >= 4 is 0 Å². The molecule has 0 amide bonds. The minimum Gasteiger partial charge on any atom is -0.378 e. The molecule has 0 aromatic carbocycles. The fourth-order valence-corrected chi connectivity index (χ4v) is 1.05. The zero-order valence-electron chi connectivity index (χ0n) is 7.43. The molecule has 0 aliphatic rings. The van der Waals surface area contributed by atoms with Crippen LogP contribution in [0, 0.1) is 0 Å². The van der Waals surface area contributed by atoms with Crippen LogP contribution in [0.2, 0.25) is 0 Å².